The van der Waals surface area contributed by atoms with Gasteiger partial charge >= 0.3 is 0 Å². The summed E-state index contributed by atoms with van der Waals surface area (Å²) in [4.78, 5) is 34.1. The van der Waals surface area contributed by atoms with Crippen molar-refractivity contribution in [2.24, 2.45) is 0 Å². The summed E-state index contributed by atoms with van der Waals surface area (Å²) in [5, 5.41) is 11.1. The SMILES string of the molecule is CC(=O)N1CC=C(c2cc(N3CCC[C@@H](NC(=O)c4sc(Cl)cc4OC4CCCNC4)C3)c3c(N)ncnn23)C1. The maximum Gasteiger partial charge on any atom is 0.265 e. The third-order valence-electron chi connectivity index (χ3n) is 7.77. The maximum atomic E-state index is 13.4. The quantitative estimate of drug-likeness (QED) is 0.403. The van der Waals surface area contributed by atoms with Crippen LogP contribution >= 0.6 is 22.9 Å². The van der Waals surface area contributed by atoms with Crippen LogP contribution in [0.15, 0.2) is 24.5 Å². The van der Waals surface area contributed by atoms with Crippen LogP contribution in [0.5, 0.6) is 5.75 Å². The summed E-state index contributed by atoms with van der Waals surface area (Å²) in [5.41, 5.74) is 9.92. The molecule has 212 valence electrons. The smallest absolute Gasteiger partial charge is 0.265 e. The highest BCUT2D eigenvalue weighted by molar-refractivity contribution is 7.18. The molecular weight excluding hydrogens is 552 g/mol. The molecule has 3 aromatic heterocycles. The van der Waals surface area contributed by atoms with Gasteiger partial charge in [-0.15, -0.1) is 11.3 Å². The molecule has 4 N–H and O–H groups in total. The van der Waals surface area contributed by atoms with Crippen molar-refractivity contribution in [1.29, 1.82) is 0 Å². The number of nitrogens with two attached hydrogens (primary N) is 1. The highest BCUT2D eigenvalue weighted by Gasteiger charge is 2.29. The third kappa shape index (κ3) is 5.35. The zero-order valence-electron chi connectivity index (χ0n) is 22.4. The summed E-state index contributed by atoms with van der Waals surface area (Å²) in [6, 6.07) is 3.74. The van der Waals surface area contributed by atoms with E-state index in [4.69, 9.17) is 22.1 Å². The Morgan fingerprint density at radius 1 is 1.27 bits per heavy atom. The van der Waals surface area contributed by atoms with E-state index in [2.05, 4.69) is 37.8 Å². The lowest BCUT2D eigenvalue weighted by Gasteiger charge is -2.34. The van der Waals surface area contributed by atoms with Gasteiger partial charge in [0.2, 0.25) is 5.91 Å². The fraction of sp³-hybridized carbons (Fsp3) is 0.481. The van der Waals surface area contributed by atoms with Gasteiger partial charge in [-0.05, 0) is 43.9 Å². The normalized spacial score (nSPS) is 21.5. The molecule has 0 aromatic carbocycles. The molecular formula is C27H33ClN8O3S. The summed E-state index contributed by atoms with van der Waals surface area (Å²) in [6.45, 7) is 5.84. The van der Waals surface area contributed by atoms with Crippen LogP contribution in [-0.2, 0) is 4.79 Å². The number of carbonyl (C=O) groups excluding carboxylic acids is 2. The first-order valence-electron chi connectivity index (χ1n) is 13.7. The number of piperidine rings is 2. The van der Waals surface area contributed by atoms with Crippen LogP contribution in [0.2, 0.25) is 4.34 Å². The molecule has 0 aliphatic carbocycles. The van der Waals surface area contributed by atoms with Gasteiger partial charge in [0.25, 0.3) is 5.91 Å². The van der Waals surface area contributed by atoms with Crippen molar-refractivity contribution in [3.63, 3.8) is 0 Å². The molecule has 3 aliphatic heterocycles. The van der Waals surface area contributed by atoms with E-state index in [-0.39, 0.29) is 24.0 Å². The fourth-order valence-electron chi connectivity index (χ4n) is 5.76. The molecule has 11 nitrogen and oxygen atoms in total. The summed E-state index contributed by atoms with van der Waals surface area (Å²) in [5.74, 6) is 0.795. The molecule has 2 atom stereocenters. The van der Waals surface area contributed by atoms with Gasteiger partial charge in [0.05, 0.1) is 15.7 Å². The highest BCUT2D eigenvalue weighted by atomic mass is 35.5. The Morgan fingerprint density at radius 3 is 2.92 bits per heavy atom. The molecule has 0 radical (unpaired) electrons. The van der Waals surface area contributed by atoms with Gasteiger partial charge in [0.15, 0.2) is 5.82 Å². The number of hydrogen-bond acceptors (Lipinski definition) is 9. The number of hydrogen-bond donors (Lipinski definition) is 3. The van der Waals surface area contributed by atoms with Gasteiger partial charge in [-0.25, -0.2) is 9.50 Å². The first kappa shape index (κ1) is 26.9. The largest absolute Gasteiger partial charge is 0.487 e. The molecule has 2 amide bonds. The summed E-state index contributed by atoms with van der Waals surface area (Å²) >= 11 is 7.55. The van der Waals surface area contributed by atoms with E-state index in [0.717, 1.165) is 67.8 Å². The van der Waals surface area contributed by atoms with Crippen LogP contribution in [0.3, 0.4) is 0 Å². The number of rotatable bonds is 6. The summed E-state index contributed by atoms with van der Waals surface area (Å²) in [7, 11) is 0. The number of nitrogens with one attached hydrogen (secondary N) is 2. The van der Waals surface area contributed by atoms with E-state index in [9.17, 15) is 9.59 Å². The predicted molar refractivity (Wildman–Crippen MR) is 156 cm³/mol. The van der Waals surface area contributed by atoms with Crippen molar-refractivity contribution in [1.82, 2.24) is 30.1 Å². The third-order valence-corrected chi connectivity index (χ3v) is 9.02. The van der Waals surface area contributed by atoms with E-state index in [1.165, 1.54) is 17.7 Å². The first-order valence-corrected chi connectivity index (χ1v) is 14.9. The van der Waals surface area contributed by atoms with Crippen LogP contribution < -0.4 is 26.0 Å². The Hall–Kier alpha value is -3.35. The topological polar surface area (TPSA) is 130 Å². The van der Waals surface area contributed by atoms with Crippen molar-refractivity contribution in [2.45, 2.75) is 44.8 Å². The molecule has 13 heteroatoms. The zero-order chi connectivity index (χ0) is 27.8. The van der Waals surface area contributed by atoms with E-state index >= 15 is 0 Å². The molecule has 3 aromatic rings. The minimum Gasteiger partial charge on any atom is -0.487 e. The van der Waals surface area contributed by atoms with Gasteiger partial charge in [-0.3, -0.25) is 9.59 Å². The standard InChI is InChI=1S/C27H33ClN8O3S/c1-16(37)34-9-6-17(13-34)20-10-21(24-26(29)31-15-32-36(20)24)35-8-3-4-18(14-35)33-27(38)25-22(11-23(28)40-25)39-19-5-2-7-30-12-19/h6,10-11,15,18-19,30H,2-5,7-9,12-14H2,1H3,(H,33,38)(H2,29,31,32)/t18-,19?/m1/s1. The number of nitrogen functional groups attached to an aromatic ring is 1. The summed E-state index contributed by atoms with van der Waals surface area (Å²) in [6.07, 6.45) is 7.27. The van der Waals surface area contributed by atoms with Crippen molar-refractivity contribution >= 4 is 57.3 Å². The molecule has 3 aliphatic rings. The number of anilines is 2. The minimum absolute atomic E-state index is 0.0265. The van der Waals surface area contributed by atoms with E-state index < -0.39 is 0 Å². The summed E-state index contributed by atoms with van der Waals surface area (Å²) < 4.78 is 8.52. The lowest BCUT2D eigenvalue weighted by molar-refractivity contribution is -0.127. The highest BCUT2D eigenvalue weighted by Crippen LogP contribution is 2.36. The minimum atomic E-state index is -0.173. The van der Waals surface area contributed by atoms with Crippen molar-refractivity contribution < 1.29 is 14.3 Å². The van der Waals surface area contributed by atoms with Crippen LogP contribution in [0.25, 0.3) is 11.1 Å². The number of fused-ring (bicyclic) bond motifs is 1. The van der Waals surface area contributed by atoms with E-state index in [1.54, 1.807) is 17.9 Å². The Kier molecular flexibility index (Phi) is 7.56. The monoisotopic (exact) mass is 584 g/mol. The number of aromatic nitrogens is 3. The lowest BCUT2D eigenvalue weighted by Crippen LogP contribution is -2.47. The van der Waals surface area contributed by atoms with Crippen molar-refractivity contribution in [3.8, 4) is 5.75 Å². The number of ether oxygens (including phenoxy) is 1. The predicted octanol–water partition coefficient (Wildman–Crippen LogP) is 2.80. The molecule has 6 heterocycles. The van der Waals surface area contributed by atoms with Crippen LogP contribution in [0.4, 0.5) is 11.5 Å². The van der Waals surface area contributed by atoms with Crippen LogP contribution in [-0.4, -0.2) is 82.7 Å². The number of amides is 2. The fourth-order valence-corrected chi connectivity index (χ4v) is 6.81. The lowest BCUT2D eigenvalue weighted by atomic mass is 10.0. The maximum absolute atomic E-state index is 13.4. The van der Waals surface area contributed by atoms with Gasteiger partial charge in [0.1, 0.15) is 28.6 Å². The van der Waals surface area contributed by atoms with E-state index in [0.29, 0.717) is 40.4 Å². The van der Waals surface area contributed by atoms with Gasteiger partial charge in [0, 0.05) is 51.8 Å². The number of thiophene rings is 1. The Labute approximate surface area is 241 Å². The molecule has 40 heavy (non-hydrogen) atoms. The zero-order valence-corrected chi connectivity index (χ0v) is 23.9. The Balaban J connectivity index is 1.21. The van der Waals surface area contributed by atoms with Gasteiger partial charge in [-0.2, -0.15) is 5.10 Å². The number of halogens is 1. The average Bonchev–Trinajstić information content (AvgIpc) is 3.67. The molecule has 0 saturated carbocycles. The first-order chi connectivity index (χ1) is 19.4. The van der Waals surface area contributed by atoms with Gasteiger partial charge in [-0.1, -0.05) is 17.7 Å². The molecule has 2 fully saturated rings. The second-order valence-electron chi connectivity index (χ2n) is 10.5. The van der Waals surface area contributed by atoms with Crippen molar-refractivity contribution in [3.05, 3.63) is 39.4 Å². The molecule has 6 rings (SSSR count). The average molecular weight is 585 g/mol. The Bertz CT molecular complexity index is 1460. The van der Waals surface area contributed by atoms with Crippen LogP contribution in [0.1, 0.15) is 48.0 Å². The molecule has 2 saturated heterocycles. The van der Waals surface area contributed by atoms with Crippen LogP contribution in [0, 0.1) is 0 Å². The second kappa shape index (κ2) is 11.3. The Morgan fingerprint density at radius 2 is 2.15 bits per heavy atom. The van der Waals surface area contributed by atoms with E-state index in [1.807, 2.05) is 4.52 Å². The van der Waals surface area contributed by atoms with Gasteiger partial charge < -0.3 is 30.9 Å². The number of carbonyl (C=O) groups is 2. The molecule has 0 spiro atoms. The molecule has 0 bridgehead atoms. The number of nitrogens with zero attached hydrogens (tertiary/aromatic N) is 5. The molecule has 1 unspecified atom stereocenters. The van der Waals surface area contributed by atoms with Crippen molar-refractivity contribution in [2.75, 3.05) is 49.9 Å². The second-order valence-corrected chi connectivity index (χ2v) is 12.2.